The van der Waals surface area contributed by atoms with Crippen molar-refractivity contribution in [2.75, 3.05) is 19.6 Å². The van der Waals surface area contributed by atoms with Gasteiger partial charge in [0.05, 0.1) is 0 Å². The van der Waals surface area contributed by atoms with Gasteiger partial charge in [-0.05, 0) is 24.6 Å². The van der Waals surface area contributed by atoms with E-state index in [4.69, 9.17) is 0 Å². The Labute approximate surface area is 103 Å². The highest BCUT2D eigenvalue weighted by atomic mass is 16.1. The summed E-state index contributed by atoms with van der Waals surface area (Å²) in [6, 6.07) is 9.79. The standard InChI is InChI=1S/C14H20N2O/c1-2-10-15-11-12-16-14(17)9-8-13-6-4-3-5-7-13/h3-9,15H,2,10-12H2,1H3,(H,16,17)/b9-8+. The van der Waals surface area contributed by atoms with Gasteiger partial charge >= 0.3 is 0 Å². The number of nitrogens with one attached hydrogen (secondary N) is 2. The molecule has 0 spiro atoms. The van der Waals surface area contributed by atoms with Crippen LogP contribution in [0.3, 0.4) is 0 Å². The Balaban J connectivity index is 2.19. The largest absolute Gasteiger partial charge is 0.351 e. The number of carbonyl (C=O) groups excluding carboxylic acids is 1. The SMILES string of the molecule is CCCNCCNC(=O)/C=C/c1ccccc1. The molecule has 0 aromatic heterocycles. The molecule has 3 nitrogen and oxygen atoms in total. The van der Waals surface area contributed by atoms with Crippen LogP contribution in [0.5, 0.6) is 0 Å². The van der Waals surface area contributed by atoms with Crippen molar-refractivity contribution < 1.29 is 4.79 Å². The number of hydrogen-bond acceptors (Lipinski definition) is 2. The molecule has 1 rings (SSSR count). The summed E-state index contributed by atoms with van der Waals surface area (Å²) in [4.78, 5) is 11.4. The summed E-state index contributed by atoms with van der Waals surface area (Å²) in [5.74, 6) is -0.0489. The van der Waals surface area contributed by atoms with E-state index in [1.54, 1.807) is 6.08 Å². The van der Waals surface area contributed by atoms with E-state index in [0.717, 1.165) is 25.1 Å². The van der Waals surface area contributed by atoms with Crippen molar-refractivity contribution in [2.45, 2.75) is 13.3 Å². The Morgan fingerprint density at radius 3 is 2.65 bits per heavy atom. The summed E-state index contributed by atoms with van der Waals surface area (Å²) in [5.41, 5.74) is 1.03. The lowest BCUT2D eigenvalue weighted by atomic mass is 10.2. The number of hydrogen-bond donors (Lipinski definition) is 2. The van der Waals surface area contributed by atoms with Crippen LogP contribution in [0.25, 0.3) is 6.08 Å². The highest BCUT2D eigenvalue weighted by Gasteiger charge is 1.93. The second-order valence-electron chi connectivity index (χ2n) is 3.79. The van der Waals surface area contributed by atoms with Gasteiger partial charge in [-0.3, -0.25) is 4.79 Å². The van der Waals surface area contributed by atoms with Crippen LogP contribution in [0.15, 0.2) is 36.4 Å². The van der Waals surface area contributed by atoms with Gasteiger partial charge < -0.3 is 10.6 Å². The first-order chi connectivity index (χ1) is 8.33. The molecule has 0 saturated carbocycles. The Bertz CT molecular complexity index is 346. The average molecular weight is 232 g/mol. The lowest BCUT2D eigenvalue weighted by Gasteiger charge is -2.03. The van der Waals surface area contributed by atoms with Gasteiger partial charge in [0.15, 0.2) is 0 Å². The summed E-state index contributed by atoms with van der Waals surface area (Å²) >= 11 is 0. The zero-order valence-electron chi connectivity index (χ0n) is 10.3. The molecule has 3 heteroatoms. The van der Waals surface area contributed by atoms with Crippen LogP contribution >= 0.6 is 0 Å². The normalized spacial score (nSPS) is 10.6. The first-order valence-electron chi connectivity index (χ1n) is 6.04. The summed E-state index contributed by atoms with van der Waals surface area (Å²) in [6.07, 6.45) is 4.49. The maximum absolute atomic E-state index is 11.4. The van der Waals surface area contributed by atoms with Crippen LogP contribution in [0.1, 0.15) is 18.9 Å². The zero-order valence-corrected chi connectivity index (χ0v) is 10.3. The molecule has 0 unspecified atom stereocenters. The van der Waals surface area contributed by atoms with Crippen molar-refractivity contribution in [3.63, 3.8) is 0 Å². The Hall–Kier alpha value is -1.61. The molecule has 0 aliphatic rings. The lowest BCUT2D eigenvalue weighted by molar-refractivity contribution is -0.116. The molecular weight excluding hydrogens is 212 g/mol. The van der Waals surface area contributed by atoms with Crippen molar-refractivity contribution >= 4 is 12.0 Å². The number of benzene rings is 1. The third-order valence-electron chi connectivity index (χ3n) is 2.25. The molecule has 0 aliphatic heterocycles. The summed E-state index contributed by atoms with van der Waals surface area (Å²) in [6.45, 7) is 4.60. The van der Waals surface area contributed by atoms with Crippen LogP contribution in [0, 0.1) is 0 Å². The van der Waals surface area contributed by atoms with Gasteiger partial charge in [-0.1, -0.05) is 37.3 Å². The molecule has 1 amide bonds. The molecule has 0 fully saturated rings. The van der Waals surface area contributed by atoms with Crippen LogP contribution < -0.4 is 10.6 Å². The molecule has 0 radical (unpaired) electrons. The fourth-order valence-corrected chi connectivity index (χ4v) is 1.37. The topological polar surface area (TPSA) is 41.1 Å². The predicted octanol–water partition coefficient (Wildman–Crippen LogP) is 1.82. The minimum absolute atomic E-state index is 0.0489. The van der Waals surface area contributed by atoms with Crippen molar-refractivity contribution in [1.82, 2.24) is 10.6 Å². The van der Waals surface area contributed by atoms with Crippen molar-refractivity contribution in [2.24, 2.45) is 0 Å². The van der Waals surface area contributed by atoms with E-state index in [9.17, 15) is 4.79 Å². The molecule has 0 aliphatic carbocycles. The lowest BCUT2D eigenvalue weighted by Crippen LogP contribution is -2.30. The minimum atomic E-state index is -0.0489. The van der Waals surface area contributed by atoms with E-state index >= 15 is 0 Å². The van der Waals surface area contributed by atoms with Crippen LogP contribution in [0.4, 0.5) is 0 Å². The van der Waals surface area contributed by atoms with E-state index < -0.39 is 0 Å². The molecule has 1 aromatic carbocycles. The molecule has 2 N–H and O–H groups in total. The number of rotatable bonds is 7. The smallest absolute Gasteiger partial charge is 0.244 e. The Morgan fingerprint density at radius 1 is 1.18 bits per heavy atom. The van der Waals surface area contributed by atoms with Gasteiger partial charge in [-0.2, -0.15) is 0 Å². The summed E-state index contributed by atoms with van der Waals surface area (Å²) in [7, 11) is 0. The molecule has 0 heterocycles. The van der Waals surface area contributed by atoms with Crippen molar-refractivity contribution in [1.29, 1.82) is 0 Å². The Kier molecular flexibility index (Phi) is 6.75. The highest BCUT2D eigenvalue weighted by Crippen LogP contribution is 2.00. The van der Waals surface area contributed by atoms with Crippen LogP contribution in [-0.2, 0) is 4.79 Å². The van der Waals surface area contributed by atoms with Crippen LogP contribution in [-0.4, -0.2) is 25.5 Å². The van der Waals surface area contributed by atoms with E-state index in [1.807, 2.05) is 36.4 Å². The highest BCUT2D eigenvalue weighted by molar-refractivity contribution is 5.91. The van der Waals surface area contributed by atoms with Gasteiger partial charge in [0.1, 0.15) is 0 Å². The van der Waals surface area contributed by atoms with Crippen molar-refractivity contribution in [3.05, 3.63) is 42.0 Å². The third kappa shape index (κ3) is 6.53. The second-order valence-corrected chi connectivity index (χ2v) is 3.79. The van der Waals surface area contributed by atoms with E-state index in [2.05, 4.69) is 17.6 Å². The monoisotopic (exact) mass is 232 g/mol. The van der Waals surface area contributed by atoms with Crippen LogP contribution in [0.2, 0.25) is 0 Å². The predicted molar refractivity (Wildman–Crippen MR) is 71.6 cm³/mol. The zero-order chi connectivity index (χ0) is 12.3. The van der Waals surface area contributed by atoms with Gasteiger partial charge in [0.2, 0.25) is 5.91 Å². The van der Waals surface area contributed by atoms with Gasteiger partial charge in [-0.15, -0.1) is 0 Å². The minimum Gasteiger partial charge on any atom is -0.351 e. The molecule has 17 heavy (non-hydrogen) atoms. The summed E-state index contributed by atoms with van der Waals surface area (Å²) < 4.78 is 0. The van der Waals surface area contributed by atoms with E-state index in [-0.39, 0.29) is 5.91 Å². The Morgan fingerprint density at radius 2 is 1.94 bits per heavy atom. The molecule has 0 bridgehead atoms. The maximum Gasteiger partial charge on any atom is 0.244 e. The van der Waals surface area contributed by atoms with Gasteiger partial charge in [-0.25, -0.2) is 0 Å². The molecule has 0 saturated heterocycles. The van der Waals surface area contributed by atoms with Gasteiger partial charge in [0, 0.05) is 19.2 Å². The van der Waals surface area contributed by atoms with E-state index in [0.29, 0.717) is 6.54 Å². The first-order valence-corrected chi connectivity index (χ1v) is 6.04. The quantitative estimate of drug-likeness (QED) is 0.556. The summed E-state index contributed by atoms with van der Waals surface area (Å²) in [5, 5.41) is 6.05. The molecular formula is C14H20N2O. The first kappa shape index (κ1) is 13.5. The molecule has 1 aromatic rings. The molecule has 92 valence electrons. The second kappa shape index (κ2) is 8.53. The molecule has 0 atom stereocenters. The third-order valence-corrected chi connectivity index (χ3v) is 2.25. The average Bonchev–Trinajstić information content (AvgIpc) is 2.37. The van der Waals surface area contributed by atoms with Gasteiger partial charge in [0.25, 0.3) is 0 Å². The number of carbonyl (C=O) groups is 1. The van der Waals surface area contributed by atoms with Crippen molar-refractivity contribution in [3.8, 4) is 0 Å². The fourth-order valence-electron chi connectivity index (χ4n) is 1.37. The fraction of sp³-hybridized carbons (Fsp3) is 0.357. The number of amides is 1. The van der Waals surface area contributed by atoms with E-state index in [1.165, 1.54) is 0 Å². The maximum atomic E-state index is 11.4.